The van der Waals surface area contributed by atoms with Crippen molar-refractivity contribution in [1.82, 2.24) is 0 Å². The SMILES string of the molecule is Cc1ccc(-c2cc(Br)cc(C(N)=O)c2)c(F)c1. The third-order valence-electron chi connectivity index (χ3n) is 2.62. The van der Waals surface area contributed by atoms with E-state index in [1.807, 2.05) is 13.0 Å². The Balaban J connectivity index is 2.60. The maximum absolute atomic E-state index is 13.9. The van der Waals surface area contributed by atoms with Crippen molar-refractivity contribution in [2.75, 3.05) is 0 Å². The second-order valence-corrected chi connectivity index (χ2v) is 4.99. The second-order valence-electron chi connectivity index (χ2n) is 4.08. The number of primary amides is 1. The van der Waals surface area contributed by atoms with Crippen LogP contribution < -0.4 is 5.73 Å². The molecule has 2 aromatic rings. The van der Waals surface area contributed by atoms with Crippen LogP contribution in [0.4, 0.5) is 4.39 Å². The molecule has 18 heavy (non-hydrogen) atoms. The molecule has 2 aromatic carbocycles. The monoisotopic (exact) mass is 307 g/mol. The molecule has 92 valence electrons. The van der Waals surface area contributed by atoms with Gasteiger partial charge in [0.1, 0.15) is 5.82 Å². The van der Waals surface area contributed by atoms with Crippen molar-refractivity contribution < 1.29 is 9.18 Å². The average Bonchev–Trinajstić information content (AvgIpc) is 2.27. The molecule has 0 aliphatic rings. The molecule has 0 saturated carbocycles. The van der Waals surface area contributed by atoms with Gasteiger partial charge in [-0.25, -0.2) is 4.39 Å². The van der Waals surface area contributed by atoms with Crippen LogP contribution in [-0.4, -0.2) is 5.91 Å². The Morgan fingerprint density at radius 2 is 1.94 bits per heavy atom. The molecule has 1 amide bonds. The van der Waals surface area contributed by atoms with Crippen molar-refractivity contribution in [2.45, 2.75) is 6.92 Å². The Bertz CT molecular complexity index is 625. The zero-order valence-electron chi connectivity index (χ0n) is 9.71. The largest absolute Gasteiger partial charge is 0.366 e. The van der Waals surface area contributed by atoms with Crippen LogP contribution in [-0.2, 0) is 0 Å². The standard InChI is InChI=1S/C14H11BrFNO/c1-8-2-3-12(13(16)4-8)9-5-10(14(17)18)7-11(15)6-9/h2-7H,1H3,(H2,17,18). The molecule has 0 saturated heterocycles. The van der Waals surface area contributed by atoms with Gasteiger partial charge < -0.3 is 5.73 Å². The first-order valence-corrected chi connectivity index (χ1v) is 6.13. The van der Waals surface area contributed by atoms with Gasteiger partial charge >= 0.3 is 0 Å². The summed E-state index contributed by atoms with van der Waals surface area (Å²) in [6, 6.07) is 9.92. The Labute approximate surface area is 113 Å². The zero-order valence-corrected chi connectivity index (χ0v) is 11.3. The summed E-state index contributed by atoms with van der Waals surface area (Å²) in [6.07, 6.45) is 0. The van der Waals surface area contributed by atoms with Gasteiger partial charge in [-0.05, 0) is 42.3 Å². The van der Waals surface area contributed by atoms with E-state index in [4.69, 9.17) is 5.73 Å². The second kappa shape index (κ2) is 4.90. The van der Waals surface area contributed by atoms with Gasteiger partial charge in [-0.2, -0.15) is 0 Å². The summed E-state index contributed by atoms with van der Waals surface area (Å²) in [6.45, 7) is 1.82. The molecule has 0 spiro atoms. The zero-order chi connectivity index (χ0) is 13.3. The van der Waals surface area contributed by atoms with E-state index in [2.05, 4.69) is 15.9 Å². The van der Waals surface area contributed by atoms with Crippen LogP contribution in [0.15, 0.2) is 40.9 Å². The fourth-order valence-electron chi connectivity index (χ4n) is 1.74. The number of hydrogen-bond donors (Lipinski definition) is 1. The van der Waals surface area contributed by atoms with Gasteiger partial charge in [0.25, 0.3) is 0 Å². The Morgan fingerprint density at radius 3 is 2.56 bits per heavy atom. The Hall–Kier alpha value is -1.68. The molecule has 0 fully saturated rings. The fourth-order valence-corrected chi connectivity index (χ4v) is 2.23. The van der Waals surface area contributed by atoms with Gasteiger partial charge in [0.15, 0.2) is 0 Å². The number of carbonyl (C=O) groups is 1. The van der Waals surface area contributed by atoms with E-state index in [9.17, 15) is 9.18 Å². The van der Waals surface area contributed by atoms with Crippen molar-refractivity contribution in [2.24, 2.45) is 5.73 Å². The molecule has 0 aromatic heterocycles. The van der Waals surface area contributed by atoms with Crippen LogP contribution in [0.3, 0.4) is 0 Å². The van der Waals surface area contributed by atoms with E-state index in [1.165, 1.54) is 6.07 Å². The smallest absolute Gasteiger partial charge is 0.248 e. The predicted molar refractivity (Wildman–Crippen MR) is 72.8 cm³/mol. The first-order chi connectivity index (χ1) is 8.47. The van der Waals surface area contributed by atoms with Crippen molar-refractivity contribution in [3.8, 4) is 11.1 Å². The Morgan fingerprint density at radius 1 is 1.22 bits per heavy atom. The topological polar surface area (TPSA) is 43.1 Å². The van der Waals surface area contributed by atoms with E-state index >= 15 is 0 Å². The summed E-state index contributed by atoms with van der Waals surface area (Å²) in [4.78, 5) is 11.2. The average molecular weight is 308 g/mol. The van der Waals surface area contributed by atoms with Crippen molar-refractivity contribution in [3.63, 3.8) is 0 Å². The predicted octanol–water partition coefficient (Wildman–Crippen LogP) is 3.66. The third kappa shape index (κ3) is 2.59. The minimum atomic E-state index is -0.537. The lowest BCUT2D eigenvalue weighted by Crippen LogP contribution is -2.10. The van der Waals surface area contributed by atoms with Gasteiger partial charge in [0, 0.05) is 15.6 Å². The van der Waals surface area contributed by atoms with E-state index in [0.29, 0.717) is 21.2 Å². The summed E-state index contributed by atoms with van der Waals surface area (Å²) in [5.74, 6) is -0.853. The maximum Gasteiger partial charge on any atom is 0.248 e. The third-order valence-corrected chi connectivity index (χ3v) is 3.08. The summed E-state index contributed by atoms with van der Waals surface area (Å²) in [5, 5.41) is 0. The number of benzene rings is 2. The minimum absolute atomic E-state index is 0.316. The van der Waals surface area contributed by atoms with Gasteiger partial charge in [-0.15, -0.1) is 0 Å². The highest BCUT2D eigenvalue weighted by atomic mass is 79.9. The number of nitrogens with two attached hydrogens (primary N) is 1. The number of rotatable bonds is 2. The number of amides is 1. The van der Waals surface area contributed by atoms with E-state index in [1.54, 1.807) is 24.3 Å². The van der Waals surface area contributed by atoms with Crippen LogP contribution in [0.25, 0.3) is 11.1 Å². The molecular weight excluding hydrogens is 297 g/mol. The van der Waals surface area contributed by atoms with Crippen LogP contribution in [0, 0.1) is 12.7 Å². The van der Waals surface area contributed by atoms with E-state index in [-0.39, 0.29) is 5.82 Å². The number of halogens is 2. The van der Waals surface area contributed by atoms with Gasteiger partial charge in [0.05, 0.1) is 0 Å². The minimum Gasteiger partial charge on any atom is -0.366 e. The van der Waals surface area contributed by atoms with Gasteiger partial charge in [0.2, 0.25) is 5.91 Å². The number of aryl methyl sites for hydroxylation is 1. The number of carbonyl (C=O) groups excluding carboxylic acids is 1. The summed E-state index contributed by atoms with van der Waals surface area (Å²) < 4.78 is 14.6. The van der Waals surface area contributed by atoms with E-state index < -0.39 is 5.91 Å². The van der Waals surface area contributed by atoms with Gasteiger partial charge in [-0.1, -0.05) is 28.1 Å². The fraction of sp³-hybridized carbons (Fsp3) is 0.0714. The summed E-state index contributed by atoms with van der Waals surface area (Å²) >= 11 is 3.29. The molecule has 2 N–H and O–H groups in total. The highest BCUT2D eigenvalue weighted by Gasteiger charge is 2.09. The van der Waals surface area contributed by atoms with E-state index in [0.717, 1.165) is 5.56 Å². The molecule has 0 unspecified atom stereocenters. The lowest BCUT2D eigenvalue weighted by Gasteiger charge is -2.07. The molecule has 0 heterocycles. The molecular formula is C14H11BrFNO. The molecule has 0 aliphatic carbocycles. The van der Waals surface area contributed by atoms with Crippen molar-refractivity contribution in [3.05, 3.63) is 57.8 Å². The molecule has 2 nitrogen and oxygen atoms in total. The molecule has 0 bridgehead atoms. The molecule has 0 atom stereocenters. The molecule has 2 rings (SSSR count). The van der Waals surface area contributed by atoms with Crippen LogP contribution in [0.5, 0.6) is 0 Å². The highest BCUT2D eigenvalue weighted by molar-refractivity contribution is 9.10. The normalized spacial score (nSPS) is 10.4. The van der Waals surface area contributed by atoms with Crippen LogP contribution in [0.2, 0.25) is 0 Å². The quantitative estimate of drug-likeness (QED) is 0.904. The van der Waals surface area contributed by atoms with Crippen LogP contribution >= 0.6 is 15.9 Å². The molecule has 4 heteroatoms. The van der Waals surface area contributed by atoms with Crippen LogP contribution in [0.1, 0.15) is 15.9 Å². The maximum atomic E-state index is 13.9. The Kier molecular flexibility index (Phi) is 3.48. The number of hydrogen-bond acceptors (Lipinski definition) is 1. The van der Waals surface area contributed by atoms with Crippen molar-refractivity contribution in [1.29, 1.82) is 0 Å². The summed E-state index contributed by atoms with van der Waals surface area (Å²) in [5.41, 5.74) is 7.50. The van der Waals surface area contributed by atoms with Gasteiger partial charge in [-0.3, -0.25) is 4.79 Å². The first kappa shape index (κ1) is 12.8. The lowest BCUT2D eigenvalue weighted by molar-refractivity contribution is 0.100. The lowest BCUT2D eigenvalue weighted by atomic mass is 10.0. The molecule has 0 radical (unpaired) electrons. The highest BCUT2D eigenvalue weighted by Crippen LogP contribution is 2.27. The first-order valence-electron chi connectivity index (χ1n) is 5.34. The summed E-state index contributed by atoms with van der Waals surface area (Å²) in [7, 11) is 0. The molecule has 0 aliphatic heterocycles. The van der Waals surface area contributed by atoms with Crippen molar-refractivity contribution >= 4 is 21.8 Å².